The van der Waals surface area contributed by atoms with Crippen molar-refractivity contribution in [3.05, 3.63) is 35.9 Å². The molecule has 0 unspecified atom stereocenters. The van der Waals surface area contributed by atoms with Gasteiger partial charge in [0.2, 0.25) is 0 Å². The number of nitrogens with one attached hydrogen (secondary N) is 1. The number of rotatable bonds is 1. The molecule has 0 atom stereocenters. The monoisotopic (exact) mass is 215 g/mol. The Kier molecular flexibility index (Phi) is 1.76. The van der Waals surface area contributed by atoms with E-state index in [-0.39, 0.29) is 5.91 Å². The van der Waals surface area contributed by atoms with Crippen molar-refractivity contribution in [2.45, 2.75) is 4.90 Å². The molecule has 0 aromatic heterocycles. The molecule has 0 aliphatic carbocycles. The smallest absolute Gasteiger partial charge is 0.256 e. The number of carbonyl (C=O) groups excluding carboxylic acids is 1. The largest absolute Gasteiger partial charge is 0.321 e. The minimum Gasteiger partial charge on any atom is -0.321 e. The van der Waals surface area contributed by atoms with Crippen molar-refractivity contribution in [3.63, 3.8) is 0 Å². The summed E-state index contributed by atoms with van der Waals surface area (Å²) in [6, 6.07) is 9.90. The van der Waals surface area contributed by atoms with Crippen LogP contribution < -0.4 is 5.32 Å². The van der Waals surface area contributed by atoms with E-state index in [1.807, 2.05) is 24.5 Å². The highest BCUT2D eigenvalue weighted by molar-refractivity contribution is 7.98. The van der Waals surface area contributed by atoms with Crippen LogP contribution in [-0.2, 0) is 0 Å². The van der Waals surface area contributed by atoms with Crippen molar-refractivity contribution in [2.75, 3.05) is 11.6 Å². The van der Waals surface area contributed by atoms with Gasteiger partial charge in [0.25, 0.3) is 5.91 Å². The molecule has 0 saturated carbocycles. The quantitative estimate of drug-likeness (QED) is 0.740. The van der Waals surface area contributed by atoms with Crippen molar-refractivity contribution in [1.82, 2.24) is 0 Å². The summed E-state index contributed by atoms with van der Waals surface area (Å²) in [7, 11) is 0. The van der Waals surface area contributed by atoms with Crippen molar-refractivity contribution >= 4 is 34.1 Å². The Bertz CT molecular complexity index is 577. The molecule has 1 aliphatic rings. The molecule has 15 heavy (non-hydrogen) atoms. The second kappa shape index (κ2) is 3.00. The molecule has 1 aliphatic heterocycles. The molecule has 74 valence electrons. The topological polar surface area (TPSA) is 29.1 Å². The zero-order valence-electron chi connectivity index (χ0n) is 8.20. The minimum absolute atomic E-state index is 0.00820. The lowest BCUT2D eigenvalue weighted by molar-refractivity contribution is 0.103. The van der Waals surface area contributed by atoms with Crippen LogP contribution in [0.1, 0.15) is 10.4 Å². The summed E-state index contributed by atoms with van der Waals surface area (Å²) < 4.78 is 0. The maximum absolute atomic E-state index is 11.6. The molecule has 3 rings (SSSR count). The summed E-state index contributed by atoms with van der Waals surface area (Å²) in [5, 5.41) is 5.10. The molecule has 0 fully saturated rings. The summed E-state index contributed by atoms with van der Waals surface area (Å²) in [5.74, 6) is 0.00820. The third-order valence-electron chi connectivity index (χ3n) is 2.71. The van der Waals surface area contributed by atoms with Crippen LogP contribution in [0.3, 0.4) is 0 Å². The Morgan fingerprint density at radius 3 is 2.87 bits per heavy atom. The van der Waals surface area contributed by atoms with Gasteiger partial charge in [0.1, 0.15) is 0 Å². The van der Waals surface area contributed by atoms with Crippen LogP contribution in [0.2, 0.25) is 0 Å². The Labute approximate surface area is 91.7 Å². The van der Waals surface area contributed by atoms with Crippen LogP contribution in [0.25, 0.3) is 10.8 Å². The maximum Gasteiger partial charge on any atom is 0.256 e. The third-order valence-corrected chi connectivity index (χ3v) is 3.51. The Hall–Kier alpha value is -1.48. The van der Waals surface area contributed by atoms with Crippen molar-refractivity contribution in [3.8, 4) is 0 Å². The highest BCUT2D eigenvalue weighted by atomic mass is 32.2. The Morgan fingerprint density at radius 2 is 2.07 bits per heavy atom. The molecule has 0 bridgehead atoms. The molecular weight excluding hydrogens is 206 g/mol. The van der Waals surface area contributed by atoms with E-state index in [0.29, 0.717) is 0 Å². The lowest BCUT2D eigenvalue weighted by atomic mass is 10.1. The van der Waals surface area contributed by atoms with E-state index >= 15 is 0 Å². The van der Waals surface area contributed by atoms with E-state index in [0.717, 1.165) is 22.0 Å². The predicted octanol–water partition coefficient (Wildman–Crippen LogP) is 3.13. The molecule has 1 N–H and O–H groups in total. The average molecular weight is 215 g/mol. The van der Waals surface area contributed by atoms with Gasteiger partial charge in [-0.2, -0.15) is 0 Å². The number of carbonyl (C=O) groups is 1. The zero-order valence-corrected chi connectivity index (χ0v) is 9.02. The van der Waals surface area contributed by atoms with Crippen LogP contribution in [0.15, 0.2) is 35.2 Å². The van der Waals surface area contributed by atoms with Crippen molar-refractivity contribution < 1.29 is 4.79 Å². The normalized spacial score (nSPS) is 13.3. The molecule has 3 heteroatoms. The van der Waals surface area contributed by atoms with Gasteiger partial charge in [0, 0.05) is 21.5 Å². The number of hydrogen-bond donors (Lipinski definition) is 1. The number of anilines is 1. The number of hydrogen-bond acceptors (Lipinski definition) is 2. The van der Waals surface area contributed by atoms with E-state index in [2.05, 4.69) is 17.4 Å². The first-order valence-corrected chi connectivity index (χ1v) is 5.95. The van der Waals surface area contributed by atoms with Gasteiger partial charge in [-0.1, -0.05) is 12.1 Å². The molecule has 2 aromatic rings. The van der Waals surface area contributed by atoms with Gasteiger partial charge in [-0.15, -0.1) is 11.8 Å². The molecule has 0 spiro atoms. The summed E-state index contributed by atoms with van der Waals surface area (Å²) in [5.41, 5.74) is 1.72. The van der Waals surface area contributed by atoms with Crippen molar-refractivity contribution in [2.24, 2.45) is 0 Å². The first-order chi connectivity index (χ1) is 7.31. The average Bonchev–Trinajstić information content (AvgIpc) is 2.59. The summed E-state index contributed by atoms with van der Waals surface area (Å²) in [6.45, 7) is 0. The summed E-state index contributed by atoms with van der Waals surface area (Å²) >= 11 is 1.71. The second-order valence-electron chi connectivity index (χ2n) is 3.50. The highest BCUT2D eigenvalue weighted by Gasteiger charge is 2.21. The zero-order chi connectivity index (χ0) is 10.4. The third kappa shape index (κ3) is 1.10. The van der Waals surface area contributed by atoms with E-state index in [1.54, 1.807) is 11.8 Å². The van der Waals surface area contributed by atoms with Gasteiger partial charge in [0.05, 0.1) is 0 Å². The van der Waals surface area contributed by atoms with Crippen LogP contribution in [-0.4, -0.2) is 12.2 Å². The standard InChI is InChI=1S/C12H9NOS/c1-15-10-6-5-9-11-7(10)3-2-4-8(11)12(14)13-9/h2-6H,1H3,(H,13,14). The molecule has 0 saturated heterocycles. The fraction of sp³-hybridized carbons (Fsp3) is 0.0833. The minimum atomic E-state index is 0.00820. The number of amides is 1. The second-order valence-corrected chi connectivity index (χ2v) is 4.35. The van der Waals surface area contributed by atoms with E-state index < -0.39 is 0 Å². The van der Waals surface area contributed by atoms with Crippen LogP contribution in [0.4, 0.5) is 5.69 Å². The van der Waals surface area contributed by atoms with Gasteiger partial charge in [-0.05, 0) is 29.8 Å². The molecule has 0 radical (unpaired) electrons. The van der Waals surface area contributed by atoms with E-state index in [1.165, 1.54) is 4.90 Å². The summed E-state index contributed by atoms with van der Waals surface area (Å²) in [6.07, 6.45) is 2.05. The maximum atomic E-state index is 11.6. The molecule has 2 aromatic carbocycles. The Balaban J connectivity index is 2.50. The SMILES string of the molecule is CSc1ccc2c3c(cccc13)C(=O)N2. The molecule has 2 nitrogen and oxygen atoms in total. The molecular formula is C12H9NOS. The van der Waals surface area contributed by atoms with Gasteiger partial charge in [-0.25, -0.2) is 0 Å². The fourth-order valence-electron chi connectivity index (χ4n) is 2.04. The Morgan fingerprint density at radius 1 is 1.20 bits per heavy atom. The van der Waals surface area contributed by atoms with Gasteiger partial charge in [0.15, 0.2) is 0 Å². The number of benzene rings is 2. The van der Waals surface area contributed by atoms with Gasteiger partial charge in [-0.3, -0.25) is 4.79 Å². The van der Waals surface area contributed by atoms with Crippen LogP contribution in [0, 0.1) is 0 Å². The molecule has 1 amide bonds. The van der Waals surface area contributed by atoms with Gasteiger partial charge < -0.3 is 5.32 Å². The highest BCUT2D eigenvalue weighted by Crippen LogP contribution is 2.37. The lowest BCUT2D eigenvalue weighted by Crippen LogP contribution is -2.03. The fourth-order valence-corrected chi connectivity index (χ4v) is 2.64. The lowest BCUT2D eigenvalue weighted by Gasteiger charge is -2.04. The van der Waals surface area contributed by atoms with E-state index in [4.69, 9.17) is 0 Å². The summed E-state index contributed by atoms with van der Waals surface area (Å²) in [4.78, 5) is 12.8. The van der Waals surface area contributed by atoms with Gasteiger partial charge >= 0.3 is 0 Å². The first-order valence-electron chi connectivity index (χ1n) is 4.72. The number of thioether (sulfide) groups is 1. The first kappa shape index (κ1) is 8.80. The van der Waals surface area contributed by atoms with Crippen LogP contribution >= 0.6 is 11.8 Å². The predicted molar refractivity (Wildman–Crippen MR) is 63.7 cm³/mol. The van der Waals surface area contributed by atoms with Crippen LogP contribution in [0.5, 0.6) is 0 Å². The van der Waals surface area contributed by atoms with E-state index in [9.17, 15) is 4.79 Å². The van der Waals surface area contributed by atoms with Crippen molar-refractivity contribution in [1.29, 1.82) is 0 Å². The molecule has 1 heterocycles.